The molecule has 0 radical (unpaired) electrons. The highest BCUT2D eigenvalue weighted by Crippen LogP contribution is 2.38. The fourth-order valence-electron chi connectivity index (χ4n) is 3.71. The third kappa shape index (κ3) is 6.75. The van der Waals surface area contributed by atoms with Crippen LogP contribution in [0, 0.1) is 5.41 Å². The first-order chi connectivity index (χ1) is 15.5. The van der Waals surface area contributed by atoms with Gasteiger partial charge in [0.25, 0.3) is 0 Å². The van der Waals surface area contributed by atoms with E-state index in [2.05, 4.69) is 46.0 Å². The van der Waals surface area contributed by atoms with Crippen molar-refractivity contribution < 1.29 is 9.53 Å². The molecule has 0 atom stereocenters. The lowest BCUT2D eigenvalue weighted by Gasteiger charge is -2.22. The molecule has 174 valence electrons. The van der Waals surface area contributed by atoms with Crippen LogP contribution in [-0.4, -0.2) is 5.97 Å². The molecular formula is C28H31Cl2NO2. The van der Waals surface area contributed by atoms with Crippen molar-refractivity contribution in [2.45, 2.75) is 53.4 Å². The molecule has 33 heavy (non-hydrogen) atoms. The van der Waals surface area contributed by atoms with Crippen molar-refractivity contribution in [2.24, 2.45) is 5.41 Å². The Kier molecular flexibility index (Phi) is 8.10. The largest absolute Gasteiger partial charge is 0.426 e. The van der Waals surface area contributed by atoms with Crippen molar-refractivity contribution in [3.05, 3.63) is 87.4 Å². The van der Waals surface area contributed by atoms with Crippen molar-refractivity contribution >= 4 is 40.5 Å². The summed E-state index contributed by atoms with van der Waals surface area (Å²) in [5, 5.41) is 4.32. The zero-order valence-electron chi connectivity index (χ0n) is 19.8. The van der Waals surface area contributed by atoms with E-state index in [1.54, 1.807) is 12.1 Å². The number of carbonyl (C=O) groups excluding carboxylic acids is 1. The summed E-state index contributed by atoms with van der Waals surface area (Å²) in [6.07, 6.45) is 0.938. The Morgan fingerprint density at radius 1 is 0.939 bits per heavy atom. The fraction of sp³-hybridized carbons (Fsp3) is 0.321. The number of anilines is 2. The van der Waals surface area contributed by atoms with Gasteiger partial charge in [-0.05, 0) is 52.6 Å². The van der Waals surface area contributed by atoms with Crippen LogP contribution < -0.4 is 10.1 Å². The molecule has 3 aromatic carbocycles. The van der Waals surface area contributed by atoms with Crippen LogP contribution in [0.2, 0.25) is 10.0 Å². The number of rotatable bonds is 7. The summed E-state index contributed by atoms with van der Waals surface area (Å²) >= 11 is 13.2. The van der Waals surface area contributed by atoms with E-state index >= 15 is 0 Å². The Balaban J connectivity index is 1.83. The highest BCUT2D eigenvalue weighted by molar-refractivity contribution is 6.39. The van der Waals surface area contributed by atoms with Crippen LogP contribution in [0.15, 0.2) is 60.7 Å². The zero-order chi connectivity index (χ0) is 24.2. The van der Waals surface area contributed by atoms with Crippen LogP contribution >= 0.6 is 23.2 Å². The van der Waals surface area contributed by atoms with Crippen LogP contribution in [0.4, 0.5) is 11.4 Å². The molecule has 0 aliphatic heterocycles. The van der Waals surface area contributed by atoms with E-state index in [0.29, 0.717) is 27.0 Å². The maximum absolute atomic E-state index is 12.7. The first-order valence-electron chi connectivity index (χ1n) is 11.2. The molecule has 3 nitrogen and oxygen atoms in total. The number of halogens is 2. The van der Waals surface area contributed by atoms with Crippen molar-refractivity contribution in [2.75, 3.05) is 5.32 Å². The van der Waals surface area contributed by atoms with Gasteiger partial charge in [-0.15, -0.1) is 0 Å². The Bertz CT molecular complexity index is 1130. The van der Waals surface area contributed by atoms with Crippen molar-refractivity contribution in [1.29, 1.82) is 0 Å². The van der Waals surface area contributed by atoms with Gasteiger partial charge in [0.1, 0.15) is 5.75 Å². The predicted molar refractivity (Wildman–Crippen MR) is 139 cm³/mol. The summed E-state index contributed by atoms with van der Waals surface area (Å²) in [6.45, 7) is 10.7. The lowest BCUT2D eigenvalue weighted by atomic mass is 9.87. The van der Waals surface area contributed by atoms with Gasteiger partial charge >= 0.3 is 5.97 Å². The summed E-state index contributed by atoms with van der Waals surface area (Å²) < 4.78 is 5.68. The van der Waals surface area contributed by atoms with Gasteiger partial charge in [-0.2, -0.15) is 0 Å². The minimum Gasteiger partial charge on any atom is -0.426 e. The monoisotopic (exact) mass is 483 g/mol. The molecule has 0 heterocycles. The van der Waals surface area contributed by atoms with E-state index < -0.39 is 0 Å². The molecule has 0 spiro atoms. The minimum atomic E-state index is -0.369. The van der Waals surface area contributed by atoms with Gasteiger partial charge < -0.3 is 10.1 Å². The smallest absolute Gasteiger partial charge is 0.315 e. The summed E-state index contributed by atoms with van der Waals surface area (Å²) in [6, 6.07) is 19.2. The van der Waals surface area contributed by atoms with Crippen molar-refractivity contribution in [1.82, 2.24) is 0 Å². The van der Waals surface area contributed by atoms with Crippen molar-refractivity contribution in [3.63, 3.8) is 0 Å². The van der Waals surface area contributed by atoms with Crippen LogP contribution in [0.3, 0.4) is 0 Å². The molecule has 0 amide bonds. The average Bonchev–Trinajstić information content (AvgIpc) is 2.73. The molecule has 3 rings (SSSR count). The summed E-state index contributed by atoms with van der Waals surface area (Å²) in [7, 11) is 0. The van der Waals surface area contributed by atoms with E-state index in [4.69, 9.17) is 27.9 Å². The Morgan fingerprint density at radius 3 is 2.30 bits per heavy atom. The van der Waals surface area contributed by atoms with Gasteiger partial charge in [0.15, 0.2) is 0 Å². The molecule has 0 bridgehead atoms. The van der Waals surface area contributed by atoms with Gasteiger partial charge in [-0.1, -0.05) is 100 Å². The molecule has 5 heteroatoms. The van der Waals surface area contributed by atoms with Gasteiger partial charge in [0.05, 0.1) is 22.2 Å². The minimum absolute atomic E-state index is 0.0424. The SMILES string of the molecule is CC(C)c1ccccc1OC(=O)Cc1ccc(Cl)c(Nc2ccccc2CC(C)(C)C)c1Cl. The van der Waals surface area contributed by atoms with Gasteiger partial charge in [0.2, 0.25) is 0 Å². The van der Waals surface area contributed by atoms with Gasteiger partial charge in [0, 0.05) is 5.69 Å². The molecule has 0 aliphatic rings. The zero-order valence-corrected chi connectivity index (χ0v) is 21.3. The van der Waals surface area contributed by atoms with Gasteiger partial charge in [-0.3, -0.25) is 4.79 Å². The number of para-hydroxylation sites is 2. The van der Waals surface area contributed by atoms with Crippen LogP contribution in [0.1, 0.15) is 57.2 Å². The first-order valence-corrected chi connectivity index (χ1v) is 11.9. The first kappa shape index (κ1) is 25.1. The van der Waals surface area contributed by atoms with Crippen molar-refractivity contribution in [3.8, 4) is 5.75 Å². The molecule has 0 saturated heterocycles. The summed E-state index contributed by atoms with van der Waals surface area (Å²) in [5.41, 5.74) is 4.49. The number of carbonyl (C=O) groups is 1. The summed E-state index contributed by atoms with van der Waals surface area (Å²) in [4.78, 5) is 12.7. The number of nitrogens with one attached hydrogen (secondary N) is 1. The molecule has 0 unspecified atom stereocenters. The lowest BCUT2D eigenvalue weighted by molar-refractivity contribution is -0.133. The third-order valence-corrected chi connectivity index (χ3v) is 6.02. The Morgan fingerprint density at radius 2 is 1.61 bits per heavy atom. The second kappa shape index (κ2) is 10.6. The molecule has 3 aromatic rings. The van der Waals surface area contributed by atoms with E-state index in [0.717, 1.165) is 17.7 Å². The second-order valence-corrected chi connectivity index (χ2v) is 10.5. The quantitative estimate of drug-likeness (QED) is 0.270. The van der Waals surface area contributed by atoms with E-state index in [1.807, 2.05) is 42.5 Å². The Labute approximate surface area is 207 Å². The molecule has 1 N–H and O–H groups in total. The standard InChI is InChI=1S/C28H31Cl2NO2/c1-18(2)21-11-7-9-13-24(21)33-25(32)16-19-14-15-22(29)27(26(19)30)31-23-12-8-6-10-20(23)17-28(3,4)5/h6-15,18,31H,16-17H2,1-5H3. The fourth-order valence-corrected chi connectivity index (χ4v) is 4.25. The number of ether oxygens (including phenoxy) is 1. The number of hydrogen-bond donors (Lipinski definition) is 1. The number of hydrogen-bond acceptors (Lipinski definition) is 3. The molecule has 0 saturated carbocycles. The number of esters is 1. The van der Waals surface area contributed by atoms with E-state index in [1.165, 1.54) is 5.56 Å². The highest BCUT2D eigenvalue weighted by Gasteiger charge is 2.19. The maximum atomic E-state index is 12.7. The average molecular weight is 484 g/mol. The normalized spacial score (nSPS) is 11.5. The topological polar surface area (TPSA) is 38.3 Å². The number of benzene rings is 3. The summed E-state index contributed by atoms with van der Waals surface area (Å²) in [5.74, 6) is 0.459. The lowest BCUT2D eigenvalue weighted by Crippen LogP contribution is -2.13. The molecule has 0 aliphatic carbocycles. The Hall–Kier alpha value is -2.49. The third-order valence-electron chi connectivity index (χ3n) is 5.27. The van der Waals surface area contributed by atoms with E-state index in [9.17, 15) is 4.79 Å². The van der Waals surface area contributed by atoms with Crippen LogP contribution in [-0.2, 0) is 17.6 Å². The highest BCUT2D eigenvalue weighted by atomic mass is 35.5. The predicted octanol–water partition coefficient (Wildman–Crippen LogP) is 8.60. The molecular weight excluding hydrogens is 453 g/mol. The molecule has 0 fully saturated rings. The van der Waals surface area contributed by atoms with E-state index in [-0.39, 0.29) is 23.7 Å². The van der Waals surface area contributed by atoms with Crippen LogP contribution in [0.5, 0.6) is 5.75 Å². The van der Waals surface area contributed by atoms with Crippen LogP contribution in [0.25, 0.3) is 0 Å². The maximum Gasteiger partial charge on any atom is 0.315 e. The molecule has 0 aromatic heterocycles. The second-order valence-electron chi connectivity index (χ2n) is 9.76. The van der Waals surface area contributed by atoms with Gasteiger partial charge in [-0.25, -0.2) is 0 Å².